The fourth-order valence-corrected chi connectivity index (χ4v) is 1.65. The average Bonchev–Trinajstić information content (AvgIpc) is 2.41. The molecule has 112 valence electrons. The third kappa shape index (κ3) is 4.73. The monoisotopic (exact) mass is 290 g/mol. The van der Waals surface area contributed by atoms with Gasteiger partial charge in [-0.2, -0.15) is 13.2 Å². The van der Waals surface area contributed by atoms with Crippen LogP contribution < -0.4 is 15.8 Å². The first-order valence-corrected chi connectivity index (χ1v) is 6.09. The van der Waals surface area contributed by atoms with Crippen molar-refractivity contribution < 1.29 is 22.7 Å². The number of ether oxygens (including phenoxy) is 1. The van der Waals surface area contributed by atoms with Gasteiger partial charge < -0.3 is 15.8 Å². The predicted octanol–water partition coefficient (Wildman–Crippen LogP) is 2.07. The molecule has 0 fully saturated rings. The Morgan fingerprint density at radius 2 is 2.10 bits per heavy atom. The van der Waals surface area contributed by atoms with Crippen molar-refractivity contribution in [1.29, 1.82) is 0 Å². The van der Waals surface area contributed by atoms with Crippen molar-refractivity contribution in [2.24, 2.45) is 5.73 Å². The number of nitrogens with two attached hydrogens (primary N) is 1. The molecule has 0 radical (unpaired) electrons. The summed E-state index contributed by atoms with van der Waals surface area (Å²) in [5, 5.41) is 2.45. The van der Waals surface area contributed by atoms with Gasteiger partial charge in [0.2, 0.25) is 5.91 Å². The van der Waals surface area contributed by atoms with E-state index in [4.69, 9.17) is 10.5 Å². The maximum absolute atomic E-state index is 12.9. The summed E-state index contributed by atoms with van der Waals surface area (Å²) in [5.74, 6) is -0.199. The zero-order valence-corrected chi connectivity index (χ0v) is 11.1. The minimum Gasteiger partial charge on any atom is -0.497 e. The van der Waals surface area contributed by atoms with Crippen LogP contribution >= 0.6 is 0 Å². The van der Waals surface area contributed by atoms with Gasteiger partial charge in [-0.1, -0.05) is 6.07 Å². The van der Waals surface area contributed by atoms with Crippen LogP contribution in [0, 0.1) is 0 Å². The Kier molecular flexibility index (Phi) is 5.82. The number of alkyl halides is 3. The van der Waals surface area contributed by atoms with E-state index in [1.54, 1.807) is 0 Å². The molecule has 20 heavy (non-hydrogen) atoms. The number of hydrogen-bond acceptors (Lipinski definition) is 3. The summed E-state index contributed by atoms with van der Waals surface area (Å²) in [4.78, 5) is 11.4. The summed E-state index contributed by atoms with van der Waals surface area (Å²) in [6.07, 6.45) is -3.79. The number of carbonyl (C=O) groups excluding carboxylic acids is 1. The number of rotatable bonds is 6. The molecule has 7 heteroatoms. The third-order valence-corrected chi connectivity index (χ3v) is 2.71. The van der Waals surface area contributed by atoms with Crippen molar-refractivity contribution in [3.8, 4) is 5.75 Å². The van der Waals surface area contributed by atoms with Crippen molar-refractivity contribution in [3.05, 3.63) is 29.3 Å². The lowest BCUT2D eigenvalue weighted by molar-refractivity contribution is -0.138. The molecule has 1 aromatic carbocycles. The number of nitrogens with one attached hydrogen (secondary N) is 1. The van der Waals surface area contributed by atoms with E-state index in [0.717, 1.165) is 6.07 Å². The van der Waals surface area contributed by atoms with Crippen LogP contribution in [0.5, 0.6) is 5.75 Å². The predicted molar refractivity (Wildman–Crippen MR) is 68.1 cm³/mol. The van der Waals surface area contributed by atoms with Gasteiger partial charge in [0.25, 0.3) is 0 Å². The highest BCUT2D eigenvalue weighted by Crippen LogP contribution is 2.34. The topological polar surface area (TPSA) is 64.3 Å². The molecule has 0 aromatic heterocycles. The Hall–Kier alpha value is -1.76. The van der Waals surface area contributed by atoms with Crippen molar-refractivity contribution in [2.75, 3.05) is 13.7 Å². The van der Waals surface area contributed by atoms with E-state index in [1.165, 1.54) is 19.2 Å². The molecule has 0 heterocycles. The fraction of sp³-hybridized carbons (Fsp3) is 0.462. The van der Waals surface area contributed by atoms with Gasteiger partial charge in [0.1, 0.15) is 5.75 Å². The Morgan fingerprint density at radius 1 is 1.40 bits per heavy atom. The molecule has 0 unspecified atom stereocenters. The Labute approximate surface area is 115 Å². The lowest BCUT2D eigenvalue weighted by Crippen LogP contribution is -2.24. The van der Waals surface area contributed by atoms with Crippen molar-refractivity contribution in [1.82, 2.24) is 5.32 Å². The molecule has 3 N–H and O–H groups in total. The van der Waals surface area contributed by atoms with Crippen molar-refractivity contribution >= 4 is 5.91 Å². The molecular weight excluding hydrogens is 273 g/mol. The first kappa shape index (κ1) is 16.3. The van der Waals surface area contributed by atoms with Crippen LogP contribution in [0.25, 0.3) is 0 Å². The quantitative estimate of drug-likeness (QED) is 0.843. The van der Waals surface area contributed by atoms with Gasteiger partial charge >= 0.3 is 6.18 Å². The summed E-state index contributed by atoms with van der Waals surface area (Å²) < 4.78 is 43.5. The van der Waals surface area contributed by atoms with E-state index >= 15 is 0 Å². The zero-order chi connectivity index (χ0) is 15.2. The molecule has 0 spiro atoms. The fourth-order valence-electron chi connectivity index (χ4n) is 1.65. The molecule has 0 aliphatic rings. The van der Waals surface area contributed by atoms with Gasteiger partial charge in [-0.05, 0) is 30.7 Å². The number of benzene rings is 1. The molecule has 0 aliphatic carbocycles. The average molecular weight is 290 g/mol. The van der Waals surface area contributed by atoms with Crippen LogP contribution in [-0.2, 0) is 17.5 Å². The van der Waals surface area contributed by atoms with E-state index in [1.807, 2.05) is 0 Å². The molecular formula is C13H17F3N2O2. The second kappa shape index (κ2) is 7.14. The number of halogens is 3. The van der Waals surface area contributed by atoms with Gasteiger partial charge in [-0.15, -0.1) is 0 Å². The Bertz CT molecular complexity index is 461. The summed E-state index contributed by atoms with van der Waals surface area (Å²) in [5.41, 5.74) is 4.44. The Balaban J connectivity index is 2.81. The molecule has 0 saturated carbocycles. The van der Waals surface area contributed by atoms with Gasteiger partial charge in [0, 0.05) is 13.0 Å². The zero-order valence-electron chi connectivity index (χ0n) is 11.1. The Morgan fingerprint density at radius 3 is 2.65 bits per heavy atom. The standard InChI is InChI=1S/C13H17F3N2O2/c1-20-10-5-4-9(11(7-10)13(14,15)16)8-18-12(19)3-2-6-17/h4-5,7H,2-3,6,8,17H2,1H3,(H,18,19). The van der Waals surface area contributed by atoms with E-state index in [0.29, 0.717) is 13.0 Å². The van der Waals surface area contributed by atoms with E-state index in [9.17, 15) is 18.0 Å². The van der Waals surface area contributed by atoms with Crippen LogP contribution in [0.4, 0.5) is 13.2 Å². The largest absolute Gasteiger partial charge is 0.497 e. The molecule has 0 atom stereocenters. The van der Waals surface area contributed by atoms with Crippen molar-refractivity contribution in [2.45, 2.75) is 25.6 Å². The SMILES string of the molecule is COc1ccc(CNC(=O)CCCN)c(C(F)(F)F)c1. The summed E-state index contributed by atoms with van der Waals surface area (Å²) in [7, 11) is 1.30. The number of amides is 1. The maximum atomic E-state index is 12.9. The highest BCUT2D eigenvalue weighted by Gasteiger charge is 2.33. The highest BCUT2D eigenvalue weighted by atomic mass is 19.4. The van der Waals surface area contributed by atoms with Crippen LogP contribution in [0.1, 0.15) is 24.0 Å². The molecule has 4 nitrogen and oxygen atoms in total. The lowest BCUT2D eigenvalue weighted by atomic mass is 10.1. The summed E-state index contributed by atoms with van der Waals surface area (Å²) in [6.45, 7) is 0.187. The van der Waals surface area contributed by atoms with Gasteiger partial charge in [0.15, 0.2) is 0 Å². The van der Waals surface area contributed by atoms with Gasteiger partial charge in [0.05, 0.1) is 12.7 Å². The molecule has 0 saturated heterocycles. The molecule has 1 rings (SSSR count). The number of carbonyl (C=O) groups is 1. The maximum Gasteiger partial charge on any atom is 0.416 e. The number of hydrogen-bond donors (Lipinski definition) is 2. The van der Waals surface area contributed by atoms with Crippen LogP contribution in [0.15, 0.2) is 18.2 Å². The highest BCUT2D eigenvalue weighted by molar-refractivity contribution is 5.75. The second-order valence-electron chi connectivity index (χ2n) is 4.19. The second-order valence-corrected chi connectivity index (χ2v) is 4.19. The molecule has 1 amide bonds. The number of methoxy groups -OCH3 is 1. The molecule has 0 bridgehead atoms. The van der Waals surface area contributed by atoms with E-state index in [2.05, 4.69) is 5.32 Å². The van der Waals surface area contributed by atoms with Crippen LogP contribution in [0.3, 0.4) is 0 Å². The van der Waals surface area contributed by atoms with E-state index in [-0.39, 0.29) is 30.2 Å². The third-order valence-electron chi connectivity index (χ3n) is 2.71. The van der Waals surface area contributed by atoms with Gasteiger partial charge in [-0.3, -0.25) is 4.79 Å². The lowest BCUT2D eigenvalue weighted by Gasteiger charge is -2.14. The normalized spacial score (nSPS) is 11.2. The van der Waals surface area contributed by atoms with Crippen LogP contribution in [-0.4, -0.2) is 19.6 Å². The minimum atomic E-state index is -4.49. The molecule has 0 aliphatic heterocycles. The first-order valence-electron chi connectivity index (χ1n) is 6.09. The first-order chi connectivity index (χ1) is 9.38. The van der Waals surface area contributed by atoms with Crippen molar-refractivity contribution in [3.63, 3.8) is 0 Å². The summed E-state index contributed by atoms with van der Waals surface area (Å²) in [6, 6.07) is 3.64. The summed E-state index contributed by atoms with van der Waals surface area (Å²) >= 11 is 0. The molecule has 1 aromatic rings. The van der Waals surface area contributed by atoms with E-state index < -0.39 is 11.7 Å². The smallest absolute Gasteiger partial charge is 0.416 e. The van der Waals surface area contributed by atoms with Crippen LogP contribution in [0.2, 0.25) is 0 Å². The minimum absolute atomic E-state index is 0.000557. The van der Waals surface area contributed by atoms with Gasteiger partial charge in [-0.25, -0.2) is 0 Å².